The number of amides is 1. The van der Waals surface area contributed by atoms with Gasteiger partial charge in [-0.2, -0.15) is 0 Å². The van der Waals surface area contributed by atoms with Crippen LogP contribution in [0.3, 0.4) is 0 Å². The highest BCUT2D eigenvalue weighted by Crippen LogP contribution is 2.20. The minimum atomic E-state index is -3.25. The van der Waals surface area contributed by atoms with Crippen LogP contribution < -0.4 is 9.62 Å². The Balaban J connectivity index is 1.93. The number of nitrogens with one attached hydrogen (secondary N) is 1. The lowest BCUT2D eigenvalue weighted by Crippen LogP contribution is -2.49. The van der Waals surface area contributed by atoms with Crippen LogP contribution in [-0.4, -0.2) is 57.9 Å². The smallest absolute Gasteiger partial charge is 0.409 e. The van der Waals surface area contributed by atoms with Gasteiger partial charge in [-0.15, -0.1) is 0 Å². The number of hydrogen-bond donors (Lipinski definition) is 1. The topological polar surface area (TPSA) is 79.0 Å². The predicted molar refractivity (Wildman–Crippen MR) is 90.3 cm³/mol. The van der Waals surface area contributed by atoms with Crippen LogP contribution in [0.2, 0.25) is 0 Å². The molecule has 1 aromatic rings. The normalized spacial score (nSPS) is 15.4. The molecule has 1 aromatic carbocycles. The summed E-state index contributed by atoms with van der Waals surface area (Å²) in [5, 5.41) is 0. The van der Waals surface area contributed by atoms with Crippen LogP contribution in [0.4, 0.5) is 16.2 Å². The van der Waals surface area contributed by atoms with Crippen molar-refractivity contribution in [3.8, 4) is 0 Å². The molecule has 0 aromatic heterocycles. The van der Waals surface area contributed by atoms with Crippen molar-refractivity contribution in [2.24, 2.45) is 0 Å². The molecule has 1 N–H and O–H groups in total. The van der Waals surface area contributed by atoms with E-state index in [1.165, 1.54) is 0 Å². The number of nitrogens with zero attached hydrogens (tertiary/aromatic N) is 2. The Bertz CT molecular complexity index is 623. The highest BCUT2D eigenvalue weighted by atomic mass is 32.2. The van der Waals surface area contributed by atoms with Crippen molar-refractivity contribution in [1.82, 2.24) is 4.90 Å². The number of piperazine rings is 1. The number of sulfonamides is 1. The number of rotatable bonds is 5. The van der Waals surface area contributed by atoms with Gasteiger partial charge in [0.2, 0.25) is 10.0 Å². The molecule has 0 bridgehead atoms. The second-order valence-electron chi connectivity index (χ2n) is 5.23. The molecule has 0 spiro atoms. The molecule has 1 heterocycles. The Morgan fingerprint density at radius 1 is 1.13 bits per heavy atom. The molecular weight excluding hydrogens is 318 g/mol. The number of hydrogen-bond acceptors (Lipinski definition) is 5. The van der Waals surface area contributed by atoms with Crippen LogP contribution in [0.5, 0.6) is 0 Å². The second kappa shape index (κ2) is 7.54. The Morgan fingerprint density at radius 3 is 2.26 bits per heavy atom. The number of carbonyl (C=O) groups is 1. The molecule has 1 aliphatic rings. The van der Waals surface area contributed by atoms with E-state index in [4.69, 9.17) is 4.74 Å². The lowest BCUT2D eigenvalue weighted by molar-refractivity contribution is 0.105. The van der Waals surface area contributed by atoms with E-state index in [9.17, 15) is 13.2 Å². The zero-order valence-corrected chi connectivity index (χ0v) is 14.3. The molecule has 2 rings (SSSR count). The molecule has 1 fully saturated rings. The Labute approximate surface area is 137 Å². The van der Waals surface area contributed by atoms with E-state index < -0.39 is 10.0 Å². The van der Waals surface area contributed by atoms with E-state index in [0.29, 0.717) is 25.4 Å². The summed E-state index contributed by atoms with van der Waals surface area (Å²) in [5.41, 5.74) is 1.56. The average molecular weight is 341 g/mol. The van der Waals surface area contributed by atoms with Crippen molar-refractivity contribution in [3.05, 3.63) is 24.3 Å². The first-order valence-corrected chi connectivity index (χ1v) is 9.37. The van der Waals surface area contributed by atoms with E-state index in [2.05, 4.69) is 9.62 Å². The van der Waals surface area contributed by atoms with Gasteiger partial charge in [-0.05, 0) is 38.1 Å². The summed E-state index contributed by atoms with van der Waals surface area (Å²) in [5.74, 6) is 0.0462. The highest BCUT2D eigenvalue weighted by molar-refractivity contribution is 7.92. The third kappa shape index (κ3) is 4.75. The molecule has 0 saturated carbocycles. The number of benzene rings is 1. The largest absolute Gasteiger partial charge is 0.450 e. The summed E-state index contributed by atoms with van der Waals surface area (Å²) in [6, 6.07) is 7.27. The van der Waals surface area contributed by atoms with Gasteiger partial charge >= 0.3 is 6.09 Å². The highest BCUT2D eigenvalue weighted by Gasteiger charge is 2.22. The standard InChI is InChI=1S/C15H23N3O4S/c1-3-22-15(19)18-11-9-17(10-12-18)14-7-5-13(6-8-14)16-23(20,21)4-2/h5-8,16H,3-4,9-12H2,1-2H3. The van der Waals surface area contributed by atoms with E-state index >= 15 is 0 Å². The Morgan fingerprint density at radius 2 is 1.74 bits per heavy atom. The van der Waals surface area contributed by atoms with Gasteiger partial charge in [0.1, 0.15) is 0 Å². The van der Waals surface area contributed by atoms with Gasteiger partial charge in [0.05, 0.1) is 12.4 Å². The average Bonchev–Trinajstić information content (AvgIpc) is 2.56. The Kier molecular flexibility index (Phi) is 5.70. The predicted octanol–water partition coefficient (Wildman–Crippen LogP) is 1.73. The van der Waals surface area contributed by atoms with Crippen molar-refractivity contribution in [2.75, 3.05) is 48.2 Å². The molecular formula is C15H23N3O4S. The quantitative estimate of drug-likeness (QED) is 0.882. The van der Waals surface area contributed by atoms with Gasteiger partial charge in [0.25, 0.3) is 0 Å². The van der Waals surface area contributed by atoms with Gasteiger partial charge in [-0.1, -0.05) is 0 Å². The van der Waals surface area contributed by atoms with Crippen LogP contribution in [0.15, 0.2) is 24.3 Å². The van der Waals surface area contributed by atoms with Crippen molar-refractivity contribution in [1.29, 1.82) is 0 Å². The van der Waals surface area contributed by atoms with Crippen LogP contribution in [0.25, 0.3) is 0 Å². The molecule has 0 aliphatic carbocycles. The van der Waals surface area contributed by atoms with Crippen molar-refractivity contribution >= 4 is 27.5 Å². The first-order valence-electron chi connectivity index (χ1n) is 7.72. The lowest BCUT2D eigenvalue weighted by Gasteiger charge is -2.35. The summed E-state index contributed by atoms with van der Waals surface area (Å²) < 4.78 is 30.6. The van der Waals surface area contributed by atoms with E-state index in [-0.39, 0.29) is 11.8 Å². The van der Waals surface area contributed by atoms with Gasteiger partial charge in [-0.3, -0.25) is 4.72 Å². The summed E-state index contributed by atoms with van der Waals surface area (Å²) in [6.07, 6.45) is -0.267. The third-order valence-corrected chi connectivity index (χ3v) is 5.00. The summed E-state index contributed by atoms with van der Waals surface area (Å²) in [7, 11) is -3.25. The molecule has 0 radical (unpaired) electrons. The first kappa shape index (κ1) is 17.4. The zero-order valence-electron chi connectivity index (χ0n) is 13.5. The van der Waals surface area contributed by atoms with Crippen molar-refractivity contribution in [2.45, 2.75) is 13.8 Å². The summed E-state index contributed by atoms with van der Waals surface area (Å²) in [6.45, 7) is 6.44. The molecule has 0 unspecified atom stereocenters. The molecule has 128 valence electrons. The fourth-order valence-electron chi connectivity index (χ4n) is 2.35. The number of ether oxygens (including phenoxy) is 1. The van der Waals surface area contributed by atoms with Crippen molar-refractivity contribution < 1.29 is 17.9 Å². The molecule has 1 amide bonds. The summed E-state index contributed by atoms with van der Waals surface area (Å²) >= 11 is 0. The molecule has 8 heteroatoms. The van der Waals surface area contributed by atoms with E-state index in [0.717, 1.165) is 18.8 Å². The van der Waals surface area contributed by atoms with Crippen LogP contribution in [0.1, 0.15) is 13.8 Å². The maximum atomic E-state index is 11.7. The Hall–Kier alpha value is -1.96. The molecule has 1 saturated heterocycles. The number of carbonyl (C=O) groups excluding carboxylic acids is 1. The zero-order chi connectivity index (χ0) is 16.9. The molecule has 0 atom stereocenters. The molecule has 23 heavy (non-hydrogen) atoms. The lowest BCUT2D eigenvalue weighted by atomic mass is 10.2. The van der Waals surface area contributed by atoms with E-state index in [1.54, 1.807) is 30.9 Å². The van der Waals surface area contributed by atoms with Crippen LogP contribution >= 0.6 is 0 Å². The van der Waals surface area contributed by atoms with Crippen LogP contribution in [-0.2, 0) is 14.8 Å². The fourth-order valence-corrected chi connectivity index (χ4v) is 2.99. The second-order valence-corrected chi connectivity index (χ2v) is 7.24. The monoisotopic (exact) mass is 341 g/mol. The molecule has 7 nitrogen and oxygen atoms in total. The maximum absolute atomic E-state index is 11.7. The SMILES string of the molecule is CCOC(=O)N1CCN(c2ccc(NS(=O)(=O)CC)cc2)CC1. The van der Waals surface area contributed by atoms with Gasteiger partial charge in [0.15, 0.2) is 0 Å². The van der Waals surface area contributed by atoms with Crippen LogP contribution in [0, 0.1) is 0 Å². The summed E-state index contributed by atoms with van der Waals surface area (Å²) in [4.78, 5) is 15.5. The van der Waals surface area contributed by atoms with E-state index in [1.807, 2.05) is 12.1 Å². The minimum Gasteiger partial charge on any atom is -0.450 e. The fraction of sp³-hybridized carbons (Fsp3) is 0.533. The van der Waals surface area contributed by atoms with Gasteiger partial charge in [-0.25, -0.2) is 13.2 Å². The maximum Gasteiger partial charge on any atom is 0.409 e. The molecule has 1 aliphatic heterocycles. The first-order chi connectivity index (χ1) is 10.9. The minimum absolute atomic E-state index is 0.0462. The van der Waals surface area contributed by atoms with Crippen molar-refractivity contribution in [3.63, 3.8) is 0 Å². The third-order valence-electron chi connectivity index (χ3n) is 3.69. The van der Waals surface area contributed by atoms with Gasteiger partial charge < -0.3 is 14.5 Å². The van der Waals surface area contributed by atoms with Gasteiger partial charge in [0, 0.05) is 37.6 Å². The number of anilines is 2.